The zero-order chi connectivity index (χ0) is 45.5. The highest BCUT2D eigenvalue weighted by Crippen LogP contribution is 2.31. The number of carbonyl (C=O) groups is 6. The molecule has 7 rings (SSSR count). The molecule has 63 heavy (non-hydrogen) atoms. The van der Waals surface area contributed by atoms with E-state index >= 15 is 0 Å². The zero-order valence-electron chi connectivity index (χ0n) is 36.9. The molecule has 3 N–H and O–H groups in total. The maximum absolute atomic E-state index is 12.9. The van der Waals surface area contributed by atoms with Crippen LogP contribution in [0.5, 0.6) is 0 Å². The van der Waals surface area contributed by atoms with Crippen molar-refractivity contribution < 1.29 is 67.4 Å². The monoisotopic (exact) mass is 890 g/mol. The smallest absolute Gasteiger partial charge is 0.410 e. The molecule has 350 valence electrons. The highest BCUT2D eigenvalue weighted by Gasteiger charge is 2.49. The van der Waals surface area contributed by atoms with Crippen LogP contribution in [0, 0.1) is 0 Å². The van der Waals surface area contributed by atoms with E-state index in [9.17, 15) is 34.0 Å². The normalized spacial score (nSPS) is 26.0. The van der Waals surface area contributed by atoms with Crippen molar-refractivity contribution in [3.05, 3.63) is 35.9 Å². The van der Waals surface area contributed by atoms with Crippen LogP contribution in [0.15, 0.2) is 30.3 Å². The Morgan fingerprint density at radius 3 is 1.67 bits per heavy atom. The molecule has 0 saturated carbocycles. The van der Waals surface area contributed by atoms with Crippen LogP contribution < -0.4 is 11.0 Å². The predicted octanol–water partition coefficient (Wildman–Crippen LogP) is 2.40. The van der Waals surface area contributed by atoms with Gasteiger partial charge in [0.15, 0.2) is 0 Å². The first kappa shape index (κ1) is 47.5. The number of piperidine rings is 2. The Balaban J connectivity index is 0.000000215. The van der Waals surface area contributed by atoms with Gasteiger partial charge in [-0.05, 0) is 72.8 Å². The van der Waals surface area contributed by atoms with Gasteiger partial charge in [0.25, 0.3) is 11.8 Å². The summed E-state index contributed by atoms with van der Waals surface area (Å²) < 4.78 is 22.0. The molecule has 0 spiro atoms. The van der Waals surface area contributed by atoms with E-state index in [1.807, 2.05) is 51.1 Å². The molecule has 22 nitrogen and oxygen atoms in total. The van der Waals surface area contributed by atoms with Gasteiger partial charge in [0.05, 0.1) is 38.4 Å². The van der Waals surface area contributed by atoms with Gasteiger partial charge in [-0.25, -0.2) is 35.2 Å². The maximum Gasteiger partial charge on any atom is 0.410 e. The lowest BCUT2D eigenvalue weighted by Gasteiger charge is -2.34. The van der Waals surface area contributed by atoms with Gasteiger partial charge in [0.1, 0.15) is 55.3 Å². The van der Waals surface area contributed by atoms with Crippen LogP contribution in [0.25, 0.3) is 0 Å². The molecule has 0 aromatic heterocycles. The molecule has 1 aromatic carbocycles. The molecule has 1 aromatic rings. The lowest BCUT2D eigenvalue weighted by atomic mass is 10.0. The van der Waals surface area contributed by atoms with Gasteiger partial charge < -0.3 is 38.5 Å². The Hall–Kier alpha value is -5.00. The van der Waals surface area contributed by atoms with Gasteiger partial charge >= 0.3 is 24.2 Å². The van der Waals surface area contributed by atoms with Crippen LogP contribution in [0.1, 0.15) is 72.8 Å². The SMILES string of the molecule is CC(C)(C)OC(=O)N1CCOC(CONC(=O)[C@@H]2CC[C@@H]3CN2C(=O)N3O)C1.CC(C)(C)OC(=O)N1CCOC(CONC(=O)[C@@H]2CC[C@@H]3CN2C(=O)N3OCc2ccccc2)C1. The Morgan fingerprint density at radius 2 is 1.16 bits per heavy atom. The Bertz CT molecular complexity index is 1780. The van der Waals surface area contributed by atoms with Gasteiger partial charge in [-0.2, -0.15) is 5.06 Å². The second-order valence-electron chi connectivity index (χ2n) is 18.2. The summed E-state index contributed by atoms with van der Waals surface area (Å²) in [5.74, 6) is -0.830. The summed E-state index contributed by atoms with van der Waals surface area (Å²) >= 11 is 0. The first-order chi connectivity index (χ1) is 29.9. The number of nitrogens with one attached hydrogen (secondary N) is 2. The maximum atomic E-state index is 12.9. The van der Waals surface area contributed by atoms with E-state index in [1.54, 1.807) is 30.6 Å². The van der Waals surface area contributed by atoms with E-state index in [4.69, 9.17) is 33.5 Å². The summed E-state index contributed by atoms with van der Waals surface area (Å²) in [6.45, 7) is 14.2. The molecule has 6 aliphatic heterocycles. The van der Waals surface area contributed by atoms with E-state index in [0.29, 0.717) is 89.8 Å². The van der Waals surface area contributed by atoms with E-state index in [-0.39, 0.29) is 37.2 Å². The fourth-order valence-corrected chi connectivity index (χ4v) is 7.88. The van der Waals surface area contributed by atoms with E-state index < -0.39 is 59.6 Å². The minimum absolute atomic E-state index is 0.0560. The number of hydrogen-bond acceptors (Lipinski definition) is 14. The topological polar surface area (TPSA) is 231 Å². The van der Waals surface area contributed by atoms with Crippen LogP contribution in [-0.4, -0.2) is 184 Å². The minimum Gasteiger partial charge on any atom is -0.444 e. The Kier molecular flexibility index (Phi) is 15.6. The van der Waals surface area contributed by atoms with Gasteiger partial charge in [-0.3, -0.25) is 29.3 Å². The third kappa shape index (κ3) is 12.8. The number of rotatable bonds is 11. The van der Waals surface area contributed by atoms with Crippen molar-refractivity contribution in [2.45, 2.75) is 121 Å². The molecule has 0 radical (unpaired) electrons. The average molecular weight is 891 g/mol. The predicted molar refractivity (Wildman–Crippen MR) is 218 cm³/mol. The average Bonchev–Trinajstić information content (AvgIpc) is 3.61. The van der Waals surface area contributed by atoms with Crippen LogP contribution in [-0.2, 0) is 49.7 Å². The number of benzene rings is 1. The third-order valence-electron chi connectivity index (χ3n) is 11.0. The number of fused-ring (bicyclic) bond motifs is 4. The van der Waals surface area contributed by atoms with E-state index in [1.165, 1.54) is 14.9 Å². The van der Waals surface area contributed by atoms with Crippen LogP contribution in [0.4, 0.5) is 19.2 Å². The summed E-state index contributed by atoms with van der Waals surface area (Å²) in [5, 5.41) is 11.8. The number of carbonyl (C=O) groups excluding carboxylic acids is 6. The molecule has 6 atom stereocenters. The van der Waals surface area contributed by atoms with Crippen molar-refractivity contribution >= 4 is 36.1 Å². The second kappa shape index (κ2) is 20.7. The number of hydroxylamine groups is 6. The van der Waals surface area contributed by atoms with Crippen molar-refractivity contribution in [3.8, 4) is 0 Å². The van der Waals surface area contributed by atoms with Crippen molar-refractivity contribution in [3.63, 3.8) is 0 Å². The summed E-state index contributed by atoms with van der Waals surface area (Å²) in [7, 11) is 0. The summed E-state index contributed by atoms with van der Waals surface area (Å²) in [6.07, 6.45) is 0.555. The molecule has 6 saturated heterocycles. The fourth-order valence-electron chi connectivity index (χ4n) is 7.88. The summed E-state index contributed by atoms with van der Waals surface area (Å²) in [6, 6.07) is 7.11. The molecule has 6 heterocycles. The molecule has 0 aliphatic carbocycles. The molecular formula is C41H62N8O14. The largest absolute Gasteiger partial charge is 0.444 e. The number of urea groups is 2. The molecular weight excluding hydrogens is 828 g/mol. The number of nitrogens with zero attached hydrogens (tertiary/aromatic N) is 6. The van der Waals surface area contributed by atoms with Gasteiger partial charge in [0, 0.05) is 26.2 Å². The summed E-state index contributed by atoms with van der Waals surface area (Å²) in [5.41, 5.74) is 4.61. The first-order valence-electron chi connectivity index (χ1n) is 21.4. The Labute approximate surface area is 366 Å². The molecule has 8 amide bonds. The van der Waals surface area contributed by atoms with Crippen LogP contribution in [0.2, 0.25) is 0 Å². The van der Waals surface area contributed by atoms with Gasteiger partial charge in [-0.1, -0.05) is 30.3 Å². The lowest BCUT2D eigenvalue weighted by Crippen LogP contribution is -2.51. The van der Waals surface area contributed by atoms with Crippen molar-refractivity contribution in [2.24, 2.45) is 0 Å². The van der Waals surface area contributed by atoms with Crippen molar-refractivity contribution in [2.75, 3.05) is 65.7 Å². The lowest BCUT2D eigenvalue weighted by molar-refractivity contribution is -0.145. The number of morpholine rings is 2. The molecule has 4 bridgehead atoms. The van der Waals surface area contributed by atoms with Crippen molar-refractivity contribution in [1.29, 1.82) is 0 Å². The van der Waals surface area contributed by atoms with Crippen molar-refractivity contribution in [1.82, 2.24) is 40.7 Å². The molecule has 2 unspecified atom stereocenters. The fraction of sp³-hybridized carbons (Fsp3) is 0.707. The number of amides is 8. The van der Waals surface area contributed by atoms with E-state index in [2.05, 4.69) is 11.0 Å². The first-order valence-corrected chi connectivity index (χ1v) is 21.4. The zero-order valence-corrected chi connectivity index (χ0v) is 36.9. The highest BCUT2D eigenvalue weighted by atomic mass is 16.7. The third-order valence-corrected chi connectivity index (χ3v) is 11.0. The quantitative estimate of drug-likeness (QED) is 0.214. The second-order valence-corrected chi connectivity index (χ2v) is 18.2. The molecule has 22 heteroatoms. The summed E-state index contributed by atoms with van der Waals surface area (Å²) in [4.78, 5) is 96.8. The van der Waals surface area contributed by atoms with Gasteiger partial charge in [-0.15, -0.1) is 0 Å². The van der Waals surface area contributed by atoms with Crippen LogP contribution in [0.3, 0.4) is 0 Å². The Morgan fingerprint density at radius 1 is 0.683 bits per heavy atom. The van der Waals surface area contributed by atoms with E-state index in [0.717, 1.165) is 5.56 Å². The molecule has 6 aliphatic rings. The standard InChI is InChI=1S/C24H34N4O7.C17H28N4O7/c1-24(2,3)35-23(31)26-11-12-32-19(14-26)16-33-25-21(29)20-10-9-18-13-27(20)22(30)28(18)34-15-17-7-5-4-6-8-17;1-17(2,3)28-16(24)19-6-7-26-12(9-19)10-27-18-14(22)13-5-4-11-8-20(13)15(23)21(11)25/h4-8,18-20H,9-16H2,1-3H3,(H,25,29);11-13,25H,4-10H2,1-3H3,(H,18,22)/t18-,19?,20+;11-,12?,13+/m11/s1. The number of ether oxygens (including phenoxy) is 4. The molecule has 6 fully saturated rings. The highest BCUT2D eigenvalue weighted by molar-refractivity contribution is 5.88. The minimum atomic E-state index is -0.675. The van der Waals surface area contributed by atoms with Gasteiger partial charge in [0.2, 0.25) is 0 Å². The number of hydrogen-bond donors (Lipinski definition) is 3. The van der Waals surface area contributed by atoms with Crippen LogP contribution >= 0.6 is 0 Å².